The summed E-state index contributed by atoms with van der Waals surface area (Å²) in [4.78, 5) is 0. The zero-order valence-corrected chi connectivity index (χ0v) is 9.82. The van der Waals surface area contributed by atoms with E-state index < -0.39 is 0 Å². The summed E-state index contributed by atoms with van der Waals surface area (Å²) in [5.74, 6) is 0.634. The van der Waals surface area contributed by atoms with E-state index in [2.05, 4.69) is 6.92 Å². The van der Waals surface area contributed by atoms with Crippen molar-refractivity contribution in [1.29, 1.82) is 0 Å². The van der Waals surface area contributed by atoms with E-state index in [9.17, 15) is 5.11 Å². The van der Waals surface area contributed by atoms with E-state index in [4.69, 9.17) is 10.8 Å². The summed E-state index contributed by atoms with van der Waals surface area (Å²) >= 11 is 0. The van der Waals surface area contributed by atoms with Crippen LogP contribution in [0.25, 0.3) is 0 Å². The van der Waals surface area contributed by atoms with Crippen LogP contribution >= 0.6 is 0 Å². The number of aromatic hydroxyl groups is 1. The van der Waals surface area contributed by atoms with Crippen LogP contribution in [0.1, 0.15) is 43.2 Å². The summed E-state index contributed by atoms with van der Waals surface area (Å²) in [5.41, 5.74) is 7.29. The van der Waals surface area contributed by atoms with Gasteiger partial charge in [-0.15, -0.1) is 0 Å². The molecule has 1 aromatic carbocycles. The Bertz CT molecular complexity index is 326. The molecule has 90 valence electrons. The van der Waals surface area contributed by atoms with Gasteiger partial charge in [-0.25, -0.2) is 0 Å². The molecule has 0 aromatic heterocycles. The fourth-order valence-corrected chi connectivity index (χ4v) is 1.96. The number of aliphatic hydroxyl groups excluding tert-OH is 1. The Morgan fingerprint density at radius 3 is 2.69 bits per heavy atom. The van der Waals surface area contributed by atoms with Crippen LogP contribution in [0.5, 0.6) is 5.75 Å². The predicted molar refractivity (Wildman–Crippen MR) is 65.4 cm³/mol. The topological polar surface area (TPSA) is 66.5 Å². The van der Waals surface area contributed by atoms with Gasteiger partial charge in [0, 0.05) is 5.56 Å². The van der Waals surface area contributed by atoms with Crippen LogP contribution in [-0.2, 0) is 6.61 Å². The largest absolute Gasteiger partial charge is 0.508 e. The van der Waals surface area contributed by atoms with Crippen molar-refractivity contribution in [2.45, 2.75) is 38.7 Å². The van der Waals surface area contributed by atoms with E-state index in [1.165, 1.54) is 5.56 Å². The highest BCUT2D eigenvalue weighted by Crippen LogP contribution is 2.28. The van der Waals surface area contributed by atoms with Gasteiger partial charge in [0.1, 0.15) is 5.75 Å². The first-order valence-corrected chi connectivity index (χ1v) is 5.85. The Labute approximate surface area is 96.9 Å². The van der Waals surface area contributed by atoms with Crippen molar-refractivity contribution < 1.29 is 10.2 Å². The molecule has 3 heteroatoms. The number of hydrogen-bond donors (Lipinski definition) is 3. The molecule has 0 bridgehead atoms. The molecule has 0 fully saturated rings. The van der Waals surface area contributed by atoms with Gasteiger partial charge in [0.2, 0.25) is 0 Å². The molecule has 0 saturated carbocycles. The summed E-state index contributed by atoms with van der Waals surface area (Å²) in [7, 11) is 0. The molecule has 1 rings (SSSR count). The lowest BCUT2D eigenvalue weighted by Crippen LogP contribution is -2.04. The highest BCUT2D eigenvalue weighted by Gasteiger charge is 2.11. The molecule has 1 unspecified atom stereocenters. The maximum atomic E-state index is 9.49. The lowest BCUT2D eigenvalue weighted by atomic mass is 9.90. The van der Waals surface area contributed by atoms with Crippen molar-refractivity contribution in [3.05, 3.63) is 29.3 Å². The van der Waals surface area contributed by atoms with E-state index in [1.807, 2.05) is 12.1 Å². The van der Waals surface area contributed by atoms with Gasteiger partial charge in [-0.1, -0.05) is 13.0 Å². The van der Waals surface area contributed by atoms with E-state index in [0.29, 0.717) is 18.0 Å². The summed E-state index contributed by atoms with van der Waals surface area (Å²) in [6.07, 6.45) is 3.12. The third-order valence-corrected chi connectivity index (χ3v) is 2.99. The smallest absolute Gasteiger partial charge is 0.121 e. The zero-order chi connectivity index (χ0) is 12.0. The zero-order valence-electron chi connectivity index (χ0n) is 9.82. The Morgan fingerprint density at radius 1 is 1.38 bits per heavy atom. The van der Waals surface area contributed by atoms with Crippen LogP contribution in [0.4, 0.5) is 0 Å². The normalized spacial score (nSPS) is 12.7. The lowest BCUT2D eigenvalue weighted by Gasteiger charge is -2.16. The Kier molecular flexibility index (Phi) is 5.29. The highest BCUT2D eigenvalue weighted by molar-refractivity contribution is 5.37. The first-order valence-electron chi connectivity index (χ1n) is 5.85. The minimum Gasteiger partial charge on any atom is -0.508 e. The van der Waals surface area contributed by atoms with Gasteiger partial charge in [0.05, 0.1) is 6.61 Å². The van der Waals surface area contributed by atoms with Gasteiger partial charge in [-0.3, -0.25) is 0 Å². The number of benzene rings is 1. The molecule has 0 amide bonds. The summed E-state index contributed by atoms with van der Waals surface area (Å²) in [6, 6.07) is 5.48. The van der Waals surface area contributed by atoms with Crippen molar-refractivity contribution in [3.63, 3.8) is 0 Å². The monoisotopic (exact) mass is 223 g/mol. The first-order chi connectivity index (χ1) is 7.72. The molecule has 3 nitrogen and oxygen atoms in total. The van der Waals surface area contributed by atoms with Crippen LogP contribution in [0, 0.1) is 0 Å². The fourth-order valence-electron chi connectivity index (χ4n) is 1.96. The van der Waals surface area contributed by atoms with E-state index in [-0.39, 0.29) is 12.4 Å². The maximum absolute atomic E-state index is 9.49. The molecule has 0 aliphatic heterocycles. The number of rotatable bonds is 6. The molecule has 0 saturated heterocycles. The van der Waals surface area contributed by atoms with Gasteiger partial charge in [-0.2, -0.15) is 0 Å². The molecule has 0 aliphatic carbocycles. The van der Waals surface area contributed by atoms with Crippen molar-refractivity contribution in [2.75, 3.05) is 6.54 Å². The van der Waals surface area contributed by atoms with Gasteiger partial charge >= 0.3 is 0 Å². The van der Waals surface area contributed by atoms with Gasteiger partial charge < -0.3 is 15.9 Å². The van der Waals surface area contributed by atoms with Gasteiger partial charge in [0.15, 0.2) is 0 Å². The number of hydrogen-bond acceptors (Lipinski definition) is 3. The summed E-state index contributed by atoms with van der Waals surface area (Å²) < 4.78 is 0. The Balaban J connectivity index is 2.83. The van der Waals surface area contributed by atoms with Crippen molar-refractivity contribution >= 4 is 0 Å². The fraction of sp³-hybridized carbons (Fsp3) is 0.538. The van der Waals surface area contributed by atoms with Crippen LogP contribution < -0.4 is 5.73 Å². The van der Waals surface area contributed by atoms with Gasteiger partial charge in [-0.05, 0) is 49.4 Å². The molecule has 16 heavy (non-hydrogen) atoms. The second-order valence-electron chi connectivity index (χ2n) is 4.08. The average Bonchev–Trinajstić information content (AvgIpc) is 2.32. The first kappa shape index (κ1) is 13.0. The van der Waals surface area contributed by atoms with Crippen LogP contribution in [0.2, 0.25) is 0 Å². The number of phenols is 1. The summed E-state index contributed by atoms with van der Waals surface area (Å²) in [5, 5.41) is 18.6. The lowest BCUT2D eigenvalue weighted by molar-refractivity contribution is 0.275. The van der Waals surface area contributed by atoms with Gasteiger partial charge in [0.25, 0.3) is 0 Å². The molecular formula is C13H21NO2. The quantitative estimate of drug-likeness (QED) is 0.692. The van der Waals surface area contributed by atoms with E-state index in [1.54, 1.807) is 6.07 Å². The molecule has 0 radical (unpaired) electrons. The van der Waals surface area contributed by atoms with Crippen LogP contribution in [0.15, 0.2) is 18.2 Å². The van der Waals surface area contributed by atoms with Crippen molar-refractivity contribution in [2.24, 2.45) is 5.73 Å². The predicted octanol–water partition coefficient (Wildman–Crippen LogP) is 2.12. The molecule has 4 N–H and O–H groups in total. The van der Waals surface area contributed by atoms with Crippen LogP contribution in [0.3, 0.4) is 0 Å². The molecule has 0 spiro atoms. The molecular weight excluding hydrogens is 202 g/mol. The maximum Gasteiger partial charge on any atom is 0.121 e. The standard InChI is InChI=1S/C13H21NO2/c1-2-10(4-3-7-14)11-5-6-13(16)12(8-11)9-15/h5-6,8,10,15-16H,2-4,7,9,14H2,1H3. The van der Waals surface area contributed by atoms with Crippen molar-refractivity contribution in [3.8, 4) is 5.75 Å². The second kappa shape index (κ2) is 6.51. The Hall–Kier alpha value is -1.06. The molecule has 0 heterocycles. The number of nitrogens with two attached hydrogens (primary N) is 1. The summed E-state index contributed by atoms with van der Waals surface area (Å²) in [6.45, 7) is 2.74. The molecule has 1 aromatic rings. The van der Waals surface area contributed by atoms with E-state index in [0.717, 1.165) is 19.3 Å². The number of aliphatic hydroxyl groups is 1. The molecule has 0 aliphatic rings. The van der Waals surface area contributed by atoms with E-state index >= 15 is 0 Å². The minimum absolute atomic E-state index is 0.118. The second-order valence-corrected chi connectivity index (χ2v) is 4.08. The molecule has 1 atom stereocenters. The Morgan fingerprint density at radius 2 is 2.12 bits per heavy atom. The third-order valence-electron chi connectivity index (χ3n) is 2.99. The van der Waals surface area contributed by atoms with Crippen LogP contribution in [-0.4, -0.2) is 16.8 Å². The minimum atomic E-state index is -0.118. The van der Waals surface area contributed by atoms with Crippen molar-refractivity contribution in [1.82, 2.24) is 0 Å². The average molecular weight is 223 g/mol. The highest BCUT2D eigenvalue weighted by atomic mass is 16.3. The third kappa shape index (κ3) is 3.22. The SMILES string of the molecule is CCC(CCCN)c1ccc(O)c(CO)c1.